The second-order valence-corrected chi connectivity index (χ2v) is 7.89. The molecule has 0 fully saturated rings. The van der Waals surface area contributed by atoms with Gasteiger partial charge in [0.1, 0.15) is 0 Å². The summed E-state index contributed by atoms with van der Waals surface area (Å²) in [5.74, 6) is -1.29. The lowest BCUT2D eigenvalue weighted by Gasteiger charge is -2.23. The predicted molar refractivity (Wildman–Crippen MR) is 108 cm³/mol. The SMILES string of the molecule is C[C@@H](OC(=O)C[C@@H]1Sc2ccccc2NC1=O)C(=O)NCc1ccccc1Cl. The lowest BCUT2D eigenvalue weighted by Crippen LogP contribution is -2.37. The fourth-order valence-corrected chi connectivity index (χ4v) is 3.94. The molecular formula is C20H19ClN2O4S. The van der Waals surface area contributed by atoms with E-state index in [1.807, 2.05) is 24.3 Å². The van der Waals surface area contributed by atoms with Gasteiger partial charge in [-0.05, 0) is 30.7 Å². The van der Waals surface area contributed by atoms with Gasteiger partial charge in [-0.2, -0.15) is 0 Å². The molecule has 2 atom stereocenters. The number of carbonyl (C=O) groups excluding carboxylic acids is 3. The first-order chi connectivity index (χ1) is 13.4. The van der Waals surface area contributed by atoms with E-state index in [1.54, 1.807) is 24.3 Å². The van der Waals surface area contributed by atoms with E-state index in [2.05, 4.69) is 10.6 Å². The van der Waals surface area contributed by atoms with Crippen molar-refractivity contribution in [2.75, 3.05) is 5.32 Å². The lowest BCUT2D eigenvalue weighted by molar-refractivity contribution is -0.155. The Hall–Kier alpha value is -2.51. The van der Waals surface area contributed by atoms with Gasteiger partial charge in [-0.1, -0.05) is 41.9 Å². The van der Waals surface area contributed by atoms with Crippen LogP contribution in [0.3, 0.4) is 0 Å². The van der Waals surface area contributed by atoms with E-state index in [9.17, 15) is 14.4 Å². The van der Waals surface area contributed by atoms with Crippen molar-refractivity contribution in [2.24, 2.45) is 0 Å². The van der Waals surface area contributed by atoms with E-state index in [4.69, 9.17) is 16.3 Å². The summed E-state index contributed by atoms with van der Waals surface area (Å²) in [7, 11) is 0. The number of hydrogen-bond donors (Lipinski definition) is 2. The summed E-state index contributed by atoms with van der Waals surface area (Å²) in [5, 5.41) is 5.41. The van der Waals surface area contributed by atoms with Crippen molar-refractivity contribution in [3.63, 3.8) is 0 Å². The molecule has 146 valence electrons. The molecule has 0 radical (unpaired) electrons. The average Bonchev–Trinajstić information content (AvgIpc) is 2.67. The maximum Gasteiger partial charge on any atom is 0.308 e. The second kappa shape index (κ2) is 9.12. The molecule has 1 heterocycles. The van der Waals surface area contributed by atoms with Crippen molar-refractivity contribution in [3.05, 3.63) is 59.1 Å². The van der Waals surface area contributed by atoms with Crippen molar-refractivity contribution in [2.45, 2.75) is 36.1 Å². The summed E-state index contributed by atoms with van der Waals surface area (Å²) >= 11 is 7.36. The van der Waals surface area contributed by atoms with Crippen LogP contribution in [-0.4, -0.2) is 29.1 Å². The van der Waals surface area contributed by atoms with Crippen molar-refractivity contribution in [1.29, 1.82) is 0 Å². The van der Waals surface area contributed by atoms with Crippen molar-refractivity contribution < 1.29 is 19.1 Å². The van der Waals surface area contributed by atoms with Gasteiger partial charge in [0, 0.05) is 16.5 Å². The zero-order valence-corrected chi connectivity index (χ0v) is 16.7. The Bertz CT molecular complexity index is 905. The number of esters is 1. The summed E-state index contributed by atoms with van der Waals surface area (Å²) in [6.07, 6.45) is -1.09. The molecule has 0 bridgehead atoms. The lowest BCUT2D eigenvalue weighted by atomic mass is 10.2. The summed E-state index contributed by atoms with van der Waals surface area (Å²) < 4.78 is 5.19. The van der Waals surface area contributed by atoms with Crippen LogP contribution in [0, 0.1) is 0 Å². The molecule has 3 rings (SSSR count). The van der Waals surface area contributed by atoms with Crippen LogP contribution >= 0.6 is 23.4 Å². The predicted octanol–water partition coefficient (Wildman–Crippen LogP) is 3.39. The molecule has 0 spiro atoms. The quantitative estimate of drug-likeness (QED) is 0.702. The number of anilines is 1. The number of amides is 2. The molecule has 2 N–H and O–H groups in total. The van der Waals surface area contributed by atoms with E-state index in [1.165, 1.54) is 18.7 Å². The zero-order valence-electron chi connectivity index (χ0n) is 15.1. The molecule has 0 saturated carbocycles. The third-order valence-corrected chi connectivity index (χ3v) is 5.79. The number of fused-ring (bicyclic) bond motifs is 1. The standard InChI is InChI=1S/C20H19ClN2O4S/c1-12(19(25)22-11-13-6-2-3-7-14(13)21)27-18(24)10-17-20(26)23-15-8-4-5-9-16(15)28-17/h2-9,12,17H,10-11H2,1H3,(H,22,25)(H,23,26)/t12-,17+/m1/s1. The largest absolute Gasteiger partial charge is 0.453 e. The van der Waals surface area contributed by atoms with Crippen LogP contribution in [-0.2, 0) is 25.7 Å². The highest BCUT2D eigenvalue weighted by Crippen LogP contribution is 2.36. The minimum absolute atomic E-state index is 0.118. The number of thioether (sulfide) groups is 1. The molecule has 2 aromatic carbocycles. The minimum Gasteiger partial charge on any atom is -0.453 e. The highest BCUT2D eigenvalue weighted by Gasteiger charge is 2.30. The maximum absolute atomic E-state index is 12.2. The smallest absolute Gasteiger partial charge is 0.308 e. The summed E-state index contributed by atoms with van der Waals surface area (Å²) in [5.41, 5.74) is 1.50. The summed E-state index contributed by atoms with van der Waals surface area (Å²) in [4.78, 5) is 37.4. The van der Waals surface area contributed by atoms with Crippen molar-refractivity contribution in [3.8, 4) is 0 Å². The van der Waals surface area contributed by atoms with E-state index >= 15 is 0 Å². The summed E-state index contributed by atoms with van der Waals surface area (Å²) in [6.45, 7) is 1.72. The Balaban J connectivity index is 1.49. The number of benzene rings is 2. The Morgan fingerprint density at radius 1 is 1.21 bits per heavy atom. The van der Waals surface area contributed by atoms with Crippen LogP contribution in [0.1, 0.15) is 18.9 Å². The highest BCUT2D eigenvalue weighted by molar-refractivity contribution is 8.01. The van der Waals surface area contributed by atoms with Gasteiger partial charge in [0.2, 0.25) is 5.91 Å². The number of rotatable bonds is 6. The molecule has 8 heteroatoms. The molecule has 2 amide bonds. The Kier molecular flexibility index (Phi) is 6.59. The van der Waals surface area contributed by atoms with Crippen LogP contribution in [0.5, 0.6) is 0 Å². The van der Waals surface area contributed by atoms with Gasteiger partial charge >= 0.3 is 5.97 Å². The van der Waals surface area contributed by atoms with E-state index in [-0.39, 0.29) is 18.9 Å². The van der Waals surface area contributed by atoms with Crippen LogP contribution in [0.2, 0.25) is 5.02 Å². The van der Waals surface area contributed by atoms with Gasteiger partial charge in [0.25, 0.3) is 5.91 Å². The molecular weight excluding hydrogens is 400 g/mol. The van der Waals surface area contributed by atoms with Gasteiger partial charge in [0.05, 0.1) is 17.4 Å². The van der Waals surface area contributed by atoms with E-state index in [0.29, 0.717) is 5.02 Å². The highest BCUT2D eigenvalue weighted by atomic mass is 35.5. The normalized spacial score (nSPS) is 16.5. The number of para-hydroxylation sites is 1. The topological polar surface area (TPSA) is 84.5 Å². The van der Waals surface area contributed by atoms with E-state index in [0.717, 1.165) is 16.1 Å². The third-order valence-electron chi connectivity index (χ3n) is 4.15. The molecule has 1 aliphatic rings. The fourth-order valence-electron chi connectivity index (χ4n) is 2.65. The van der Waals surface area contributed by atoms with Crippen molar-refractivity contribution >= 4 is 46.8 Å². The molecule has 0 aliphatic carbocycles. The Morgan fingerprint density at radius 2 is 1.93 bits per heavy atom. The zero-order chi connectivity index (χ0) is 20.1. The maximum atomic E-state index is 12.2. The van der Waals surface area contributed by atoms with E-state index < -0.39 is 23.2 Å². The average molecular weight is 419 g/mol. The van der Waals surface area contributed by atoms with Crippen LogP contribution < -0.4 is 10.6 Å². The first-order valence-electron chi connectivity index (χ1n) is 8.71. The fraction of sp³-hybridized carbons (Fsp3) is 0.250. The van der Waals surface area contributed by atoms with Gasteiger partial charge in [0.15, 0.2) is 6.10 Å². The first-order valence-corrected chi connectivity index (χ1v) is 9.97. The van der Waals surface area contributed by atoms with Gasteiger partial charge in [-0.25, -0.2) is 0 Å². The van der Waals surface area contributed by atoms with Gasteiger partial charge < -0.3 is 15.4 Å². The summed E-state index contributed by atoms with van der Waals surface area (Å²) in [6, 6.07) is 14.5. The first kappa shape index (κ1) is 20.2. The van der Waals surface area contributed by atoms with Gasteiger partial charge in [-0.3, -0.25) is 14.4 Å². The molecule has 1 aliphatic heterocycles. The van der Waals surface area contributed by atoms with Crippen LogP contribution in [0.25, 0.3) is 0 Å². The molecule has 0 unspecified atom stereocenters. The monoisotopic (exact) mass is 418 g/mol. The number of hydrogen-bond acceptors (Lipinski definition) is 5. The number of carbonyl (C=O) groups is 3. The number of nitrogens with one attached hydrogen (secondary N) is 2. The van der Waals surface area contributed by atoms with Gasteiger partial charge in [-0.15, -0.1) is 11.8 Å². The molecule has 28 heavy (non-hydrogen) atoms. The minimum atomic E-state index is -0.973. The number of ether oxygens (including phenoxy) is 1. The van der Waals surface area contributed by atoms with Crippen molar-refractivity contribution in [1.82, 2.24) is 5.32 Å². The third kappa shape index (κ3) is 5.05. The Labute approximate surface area is 172 Å². The van der Waals surface area contributed by atoms with Crippen LogP contribution in [0.15, 0.2) is 53.4 Å². The molecule has 0 saturated heterocycles. The Morgan fingerprint density at radius 3 is 2.71 bits per heavy atom. The molecule has 2 aromatic rings. The molecule has 6 nitrogen and oxygen atoms in total. The van der Waals surface area contributed by atoms with Crippen LogP contribution in [0.4, 0.5) is 5.69 Å². The second-order valence-electron chi connectivity index (χ2n) is 6.24. The number of halogens is 1. The molecule has 0 aromatic heterocycles.